The lowest BCUT2D eigenvalue weighted by molar-refractivity contribution is 0.479. The Labute approximate surface area is 78.4 Å². The highest BCUT2D eigenvalue weighted by Gasteiger charge is 2.12. The number of hydrogen-bond donors (Lipinski definition) is 0. The minimum absolute atomic E-state index is 1.16. The van der Waals surface area contributed by atoms with Crippen molar-refractivity contribution in [3.8, 4) is 0 Å². The van der Waals surface area contributed by atoms with E-state index < -0.39 is 8.32 Å². The summed E-state index contributed by atoms with van der Waals surface area (Å²) < 4.78 is 5.50. The molecular weight excluding hydrogens is 220 g/mol. The van der Waals surface area contributed by atoms with Crippen LogP contribution in [0.4, 0.5) is 0 Å². The van der Waals surface area contributed by atoms with E-state index in [0.717, 1.165) is 5.57 Å². The second-order valence-electron chi connectivity index (χ2n) is 3.39. The number of halogens is 1. The Morgan fingerprint density at radius 1 is 1.36 bits per heavy atom. The van der Waals surface area contributed by atoms with Gasteiger partial charge < -0.3 is 4.43 Å². The van der Waals surface area contributed by atoms with Crippen molar-refractivity contribution in [3.63, 3.8) is 0 Å². The van der Waals surface area contributed by atoms with Gasteiger partial charge in [-0.25, -0.2) is 0 Å². The highest BCUT2D eigenvalue weighted by molar-refractivity contribution is 9.11. The van der Waals surface area contributed by atoms with Gasteiger partial charge in [0.25, 0.3) is 0 Å². The molecule has 0 spiro atoms. The van der Waals surface area contributed by atoms with E-state index in [-0.39, 0.29) is 0 Å². The average Bonchev–Trinajstić information content (AvgIpc) is 1.85. The van der Waals surface area contributed by atoms with Crippen molar-refractivity contribution in [2.45, 2.75) is 26.6 Å². The van der Waals surface area contributed by atoms with Crippen LogP contribution in [0.5, 0.6) is 0 Å². The molecule has 0 aromatic heterocycles. The second kappa shape index (κ2) is 4.77. The molecule has 3 heteroatoms. The molecule has 0 rings (SSSR count). The molecule has 1 nitrogen and oxygen atoms in total. The van der Waals surface area contributed by atoms with Crippen LogP contribution in [0, 0.1) is 0 Å². The smallest absolute Gasteiger partial charge is 0.241 e. The predicted octanol–water partition coefficient (Wildman–Crippen LogP) is 3.65. The Morgan fingerprint density at radius 2 is 1.91 bits per heavy atom. The lowest BCUT2D eigenvalue weighted by atomic mass is 10.4. The summed E-state index contributed by atoms with van der Waals surface area (Å²) in [4.78, 5) is 1.87. The third-order valence-electron chi connectivity index (χ3n) is 0.925. The van der Waals surface area contributed by atoms with E-state index in [0.29, 0.717) is 0 Å². The first-order valence-corrected chi connectivity index (χ1v) is 7.89. The molecule has 0 aromatic carbocycles. The maximum Gasteiger partial charge on any atom is 0.241 e. The van der Waals surface area contributed by atoms with Gasteiger partial charge in [0.05, 0.1) is 6.26 Å². The van der Waals surface area contributed by atoms with Crippen molar-refractivity contribution in [3.05, 3.63) is 22.9 Å². The molecule has 0 atom stereocenters. The van der Waals surface area contributed by atoms with Crippen molar-refractivity contribution in [2.75, 3.05) is 0 Å². The molecule has 0 aliphatic rings. The van der Waals surface area contributed by atoms with Gasteiger partial charge in [-0.3, -0.25) is 0 Å². The van der Waals surface area contributed by atoms with Gasteiger partial charge in [0.1, 0.15) is 0 Å². The molecule has 0 saturated heterocycles. The van der Waals surface area contributed by atoms with Crippen LogP contribution in [-0.2, 0) is 4.43 Å². The highest BCUT2D eigenvalue weighted by atomic mass is 79.9. The molecule has 11 heavy (non-hydrogen) atoms. The lowest BCUT2D eigenvalue weighted by Crippen LogP contribution is -2.21. The molecule has 0 bridgehead atoms. The van der Waals surface area contributed by atoms with Crippen LogP contribution in [0.15, 0.2) is 22.9 Å². The van der Waals surface area contributed by atoms with Crippen molar-refractivity contribution >= 4 is 24.2 Å². The summed E-state index contributed by atoms with van der Waals surface area (Å²) in [5.41, 5.74) is 1.16. The Hall–Kier alpha value is -0.0231. The highest BCUT2D eigenvalue weighted by Crippen LogP contribution is 2.05. The molecule has 0 unspecified atom stereocenters. The second-order valence-corrected chi connectivity index (χ2v) is 8.30. The van der Waals surface area contributed by atoms with Gasteiger partial charge in [-0.05, 0) is 43.2 Å². The fourth-order valence-electron chi connectivity index (χ4n) is 0.382. The Kier molecular flexibility index (Phi) is 4.76. The summed E-state index contributed by atoms with van der Waals surface area (Å²) in [5, 5.41) is 0. The van der Waals surface area contributed by atoms with Gasteiger partial charge in [-0.1, -0.05) is 15.9 Å². The van der Waals surface area contributed by atoms with Crippen LogP contribution in [0.25, 0.3) is 0 Å². The van der Waals surface area contributed by atoms with Gasteiger partial charge in [-0.15, -0.1) is 0 Å². The Balaban J connectivity index is 3.79. The molecule has 64 valence electrons. The van der Waals surface area contributed by atoms with Crippen molar-refractivity contribution < 1.29 is 4.43 Å². The van der Waals surface area contributed by atoms with E-state index in [1.165, 1.54) is 0 Å². The summed E-state index contributed by atoms with van der Waals surface area (Å²) in [5.74, 6) is 0. The minimum atomic E-state index is -1.37. The van der Waals surface area contributed by atoms with Crippen LogP contribution in [0.3, 0.4) is 0 Å². The van der Waals surface area contributed by atoms with Crippen molar-refractivity contribution in [1.29, 1.82) is 0 Å². The standard InChI is InChI=1S/C8H15BrOSi/c1-8(7-9)5-6-10-11(2,3)4/h5-7H,1-4H3/b6-5+,8-7+. The van der Waals surface area contributed by atoms with Crippen molar-refractivity contribution in [1.82, 2.24) is 0 Å². The molecule has 0 aromatic rings. The Bertz CT molecular complexity index is 167. The van der Waals surface area contributed by atoms with Gasteiger partial charge >= 0.3 is 0 Å². The zero-order valence-electron chi connectivity index (χ0n) is 7.52. The van der Waals surface area contributed by atoms with Gasteiger partial charge in [0.15, 0.2) is 0 Å². The van der Waals surface area contributed by atoms with E-state index >= 15 is 0 Å². The molecule has 0 aliphatic heterocycles. The molecular formula is C8H15BrOSi. The molecule has 0 saturated carbocycles. The molecule has 0 N–H and O–H groups in total. The predicted molar refractivity (Wildman–Crippen MR) is 56.3 cm³/mol. The average molecular weight is 235 g/mol. The monoisotopic (exact) mass is 234 g/mol. The zero-order valence-corrected chi connectivity index (χ0v) is 10.1. The summed E-state index contributed by atoms with van der Waals surface area (Å²) in [6, 6.07) is 0. The maximum atomic E-state index is 5.50. The summed E-state index contributed by atoms with van der Waals surface area (Å²) >= 11 is 3.24. The minimum Gasteiger partial charge on any atom is -0.550 e. The number of hydrogen-bond acceptors (Lipinski definition) is 1. The van der Waals surface area contributed by atoms with Crippen LogP contribution >= 0.6 is 15.9 Å². The largest absolute Gasteiger partial charge is 0.550 e. The van der Waals surface area contributed by atoms with Gasteiger partial charge in [0.2, 0.25) is 8.32 Å². The summed E-state index contributed by atoms with van der Waals surface area (Å²) in [6.07, 6.45) is 3.73. The first kappa shape index (κ1) is 11.0. The third-order valence-corrected chi connectivity index (χ3v) is 2.49. The van der Waals surface area contributed by atoms with E-state index in [4.69, 9.17) is 4.43 Å². The van der Waals surface area contributed by atoms with E-state index in [1.54, 1.807) is 6.26 Å². The topological polar surface area (TPSA) is 9.23 Å². The molecule has 0 heterocycles. The van der Waals surface area contributed by atoms with Crippen molar-refractivity contribution in [2.24, 2.45) is 0 Å². The normalized spacial score (nSPS) is 14.1. The lowest BCUT2D eigenvalue weighted by Gasteiger charge is -2.14. The quantitative estimate of drug-likeness (QED) is 0.412. The number of rotatable bonds is 3. The summed E-state index contributed by atoms with van der Waals surface area (Å²) in [6.45, 7) is 8.48. The van der Waals surface area contributed by atoms with Crippen LogP contribution < -0.4 is 0 Å². The van der Waals surface area contributed by atoms with Crippen LogP contribution in [0.1, 0.15) is 6.92 Å². The van der Waals surface area contributed by atoms with Gasteiger partial charge in [0, 0.05) is 0 Å². The molecule has 0 amide bonds. The van der Waals surface area contributed by atoms with Crippen LogP contribution in [0.2, 0.25) is 19.6 Å². The SMILES string of the molecule is CC(/C=C/O[Si](C)(C)C)=C\Br. The molecule has 0 fully saturated rings. The van der Waals surface area contributed by atoms with E-state index in [2.05, 4.69) is 35.6 Å². The van der Waals surface area contributed by atoms with Crippen LogP contribution in [-0.4, -0.2) is 8.32 Å². The first-order chi connectivity index (χ1) is 4.95. The summed E-state index contributed by atoms with van der Waals surface area (Å²) in [7, 11) is -1.37. The maximum absolute atomic E-state index is 5.50. The molecule has 0 aliphatic carbocycles. The fourth-order valence-corrected chi connectivity index (χ4v) is 1.01. The third kappa shape index (κ3) is 7.88. The van der Waals surface area contributed by atoms with E-state index in [1.807, 2.05) is 18.0 Å². The zero-order chi connectivity index (χ0) is 8.91. The fraction of sp³-hybridized carbons (Fsp3) is 0.500. The molecule has 0 radical (unpaired) electrons. The first-order valence-electron chi connectivity index (χ1n) is 3.57. The van der Waals surface area contributed by atoms with E-state index in [9.17, 15) is 0 Å². The Morgan fingerprint density at radius 3 is 2.27 bits per heavy atom. The van der Waals surface area contributed by atoms with Gasteiger partial charge in [-0.2, -0.15) is 0 Å². The number of allylic oxidation sites excluding steroid dienone is 2.